The Morgan fingerprint density at radius 2 is 1.84 bits per heavy atom. The average molecular weight is 441 g/mol. The second-order valence-electron chi connectivity index (χ2n) is 8.97. The van der Waals surface area contributed by atoms with E-state index in [1.165, 1.54) is 5.57 Å². The lowest BCUT2D eigenvalue weighted by Gasteiger charge is -2.36. The van der Waals surface area contributed by atoms with Crippen LogP contribution in [0.5, 0.6) is 0 Å². The van der Waals surface area contributed by atoms with Crippen molar-refractivity contribution in [3.8, 4) is 0 Å². The van der Waals surface area contributed by atoms with Crippen molar-refractivity contribution < 1.29 is 19.5 Å². The van der Waals surface area contributed by atoms with E-state index in [0.717, 1.165) is 62.3 Å². The summed E-state index contributed by atoms with van der Waals surface area (Å²) >= 11 is 0. The molecule has 32 heavy (non-hydrogen) atoms. The number of nitrogens with one attached hydrogen (secondary N) is 1. The number of benzene rings is 1. The van der Waals surface area contributed by atoms with Crippen LogP contribution < -0.4 is 0 Å². The fourth-order valence-corrected chi connectivity index (χ4v) is 4.64. The number of piperidine rings is 1. The molecule has 0 radical (unpaired) electrons. The summed E-state index contributed by atoms with van der Waals surface area (Å²) in [6, 6.07) is 7.99. The van der Waals surface area contributed by atoms with Crippen molar-refractivity contribution in [1.29, 1.82) is 5.41 Å². The maximum Gasteiger partial charge on any atom is 0.317 e. The molecule has 8 nitrogen and oxygen atoms in total. The number of hydrogen-bond acceptors (Lipinski definition) is 6. The second kappa shape index (κ2) is 9.83. The van der Waals surface area contributed by atoms with Crippen LogP contribution >= 0.6 is 0 Å². The van der Waals surface area contributed by atoms with E-state index in [2.05, 4.69) is 16.1 Å². The Labute approximate surface area is 189 Å². The number of carbonyl (C=O) groups is 1. The number of rotatable bonds is 5. The predicted octanol–water partition coefficient (Wildman–Crippen LogP) is 2.72. The first-order chi connectivity index (χ1) is 15.4. The maximum atomic E-state index is 10.9. The Bertz CT molecular complexity index is 891. The van der Waals surface area contributed by atoms with Gasteiger partial charge in [-0.05, 0) is 38.3 Å². The molecule has 0 amide bonds. The summed E-state index contributed by atoms with van der Waals surface area (Å²) in [7, 11) is 0. The van der Waals surface area contributed by atoms with Gasteiger partial charge in [0.2, 0.25) is 0 Å². The van der Waals surface area contributed by atoms with Crippen LogP contribution in [0.4, 0.5) is 0 Å². The molecule has 2 saturated heterocycles. The Morgan fingerprint density at radius 3 is 2.47 bits per heavy atom. The number of aliphatic carboxylic acids is 1. The summed E-state index contributed by atoms with van der Waals surface area (Å²) in [5, 5.41) is 21.8. The van der Waals surface area contributed by atoms with E-state index in [9.17, 15) is 4.79 Å². The lowest BCUT2D eigenvalue weighted by molar-refractivity contribution is -0.138. The first-order valence-corrected chi connectivity index (χ1v) is 11.3. The van der Waals surface area contributed by atoms with E-state index in [1.807, 2.05) is 43.0 Å². The molecule has 172 valence electrons. The van der Waals surface area contributed by atoms with Crippen molar-refractivity contribution in [3.63, 3.8) is 0 Å². The van der Waals surface area contributed by atoms with Crippen molar-refractivity contribution in [2.75, 3.05) is 32.7 Å². The highest BCUT2D eigenvalue weighted by Crippen LogP contribution is 2.23. The highest BCUT2D eigenvalue weighted by molar-refractivity contribution is 6.03. The van der Waals surface area contributed by atoms with Crippen LogP contribution in [-0.2, 0) is 14.4 Å². The van der Waals surface area contributed by atoms with Gasteiger partial charge in [0, 0.05) is 38.2 Å². The lowest BCUT2D eigenvalue weighted by Crippen LogP contribution is -2.48. The molecule has 1 aromatic rings. The summed E-state index contributed by atoms with van der Waals surface area (Å²) in [6.45, 7) is 7.20. The van der Waals surface area contributed by atoms with E-state index < -0.39 is 5.97 Å². The van der Waals surface area contributed by atoms with E-state index in [-0.39, 0.29) is 24.9 Å². The standard InChI is InChI=1S/C24H32N4O4/c1-16-13-28(14-17(2)31-16)24(25)20-5-3-19(4-6-20)22-12-21(32-26-22)11-18-7-9-27(10-8-18)15-23(29)30/h3-6,11,16-17,21,25H,7-10,12-15H2,1-2H3,(H,29,30). The Morgan fingerprint density at radius 1 is 1.19 bits per heavy atom. The quantitative estimate of drug-likeness (QED) is 0.415. The highest BCUT2D eigenvalue weighted by Gasteiger charge is 2.26. The number of morpholine rings is 1. The third-order valence-corrected chi connectivity index (χ3v) is 6.20. The zero-order chi connectivity index (χ0) is 22.7. The fraction of sp³-hybridized carbons (Fsp3) is 0.542. The fourth-order valence-electron chi connectivity index (χ4n) is 4.64. The van der Waals surface area contributed by atoms with Crippen LogP contribution in [0.15, 0.2) is 41.1 Å². The number of ether oxygens (including phenoxy) is 1. The summed E-state index contributed by atoms with van der Waals surface area (Å²) in [6.07, 6.45) is 4.80. The number of carboxylic acid groups (broad SMARTS) is 1. The van der Waals surface area contributed by atoms with Crippen LogP contribution in [0.3, 0.4) is 0 Å². The molecule has 0 bridgehead atoms. The summed E-state index contributed by atoms with van der Waals surface area (Å²) in [5.41, 5.74) is 4.14. The maximum absolute atomic E-state index is 10.9. The molecule has 0 aromatic heterocycles. The molecule has 2 N–H and O–H groups in total. The summed E-state index contributed by atoms with van der Waals surface area (Å²) in [5.74, 6) is -0.246. The van der Waals surface area contributed by atoms with Gasteiger partial charge in [0.05, 0.1) is 24.5 Å². The van der Waals surface area contributed by atoms with Crippen molar-refractivity contribution in [2.24, 2.45) is 5.16 Å². The van der Waals surface area contributed by atoms with E-state index >= 15 is 0 Å². The van der Waals surface area contributed by atoms with Crippen LogP contribution in [0, 0.1) is 5.41 Å². The molecule has 2 fully saturated rings. The lowest BCUT2D eigenvalue weighted by atomic mass is 9.98. The molecule has 1 aromatic carbocycles. The largest absolute Gasteiger partial charge is 0.480 e. The molecule has 3 atom stereocenters. The first kappa shape index (κ1) is 22.5. The Hall–Kier alpha value is -2.71. The number of oxime groups is 1. The molecule has 0 aliphatic carbocycles. The zero-order valence-corrected chi connectivity index (χ0v) is 18.8. The molecule has 3 unspecified atom stereocenters. The van der Waals surface area contributed by atoms with Gasteiger partial charge in [0.15, 0.2) is 6.10 Å². The molecule has 0 spiro atoms. The second-order valence-corrected chi connectivity index (χ2v) is 8.97. The van der Waals surface area contributed by atoms with Gasteiger partial charge in [-0.3, -0.25) is 15.1 Å². The van der Waals surface area contributed by atoms with Crippen molar-refractivity contribution in [2.45, 2.75) is 51.4 Å². The van der Waals surface area contributed by atoms with E-state index in [1.54, 1.807) is 0 Å². The van der Waals surface area contributed by atoms with Gasteiger partial charge in [-0.2, -0.15) is 0 Å². The first-order valence-electron chi connectivity index (χ1n) is 11.3. The normalized spacial score (nSPS) is 26.4. The third kappa shape index (κ3) is 5.55. The number of amidine groups is 1. The van der Waals surface area contributed by atoms with E-state index in [0.29, 0.717) is 5.84 Å². The number of nitrogens with zero attached hydrogens (tertiary/aromatic N) is 3. The predicted molar refractivity (Wildman–Crippen MR) is 122 cm³/mol. The van der Waals surface area contributed by atoms with Gasteiger partial charge >= 0.3 is 5.97 Å². The summed E-state index contributed by atoms with van der Waals surface area (Å²) in [4.78, 5) is 20.5. The number of likely N-dealkylation sites (tertiary alicyclic amines) is 1. The Kier molecular flexibility index (Phi) is 6.91. The monoisotopic (exact) mass is 440 g/mol. The van der Waals surface area contributed by atoms with Crippen LogP contribution in [-0.4, -0.2) is 83.5 Å². The zero-order valence-electron chi connectivity index (χ0n) is 18.8. The van der Waals surface area contributed by atoms with Crippen molar-refractivity contribution in [1.82, 2.24) is 9.80 Å². The molecule has 4 rings (SSSR count). The molecule has 0 saturated carbocycles. The van der Waals surface area contributed by atoms with Gasteiger partial charge in [0.1, 0.15) is 5.84 Å². The van der Waals surface area contributed by atoms with E-state index in [4.69, 9.17) is 20.1 Å². The SMILES string of the molecule is CC1CN(C(=N)c2ccc(C3=NOC(C=C4CCN(CC(=O)O)CC4)C3)cc2)CC(C)O1. The van der Waals surface area contributed by atoms with Gasteiger partial charge in [0.25, 0.3) is 0 Å². The minimum atomic E-state index is -0.773. The molecule has 3 heterocycles. The third-order valence-electron chi connectivity index (χ3n) is 6.20. The number of carboxylic acids is 1. The topological polar surface area (TPSA) is 98.5 Å². The van der Waals surface area contributed by atoms with Gasteiger partial charge in [-0.1, -0.05) is 35.0 Å². The van der Waals surface area contributed by atoms with Crippen LogP contribution in [0.1, 0.15) is 44.2 Å². The van der Waals surface area contributed by atoms with Crippen molar-refractivity contribution in [3.05, 3.63) is 47.0 Å². The number of hydrogen-bond donors (Lipinski definition) is 2. The minimum Gasteiger partial charge on any atom is -0.480 e. The molecular weight excluding hydrogens is 408 g/mol. The van der Waals surface area contributed by atoms with Gasteiger partial charge in [-0.25, -0.2) is 0 Å². The summed E-state index contributed by atoms with van der Waals surface area (Å²) < 4.78 is 5.78. The highest BCUT2D eigenvalue weighted by atomic mass is 16.6. The smallest absolute Gasteiger partial charge is 0.317 e. The molecule has 3 aliphatic heterocycles. The Balaban J connectivity index is 1.31. The molecule has 3 aliphatic rings. The van der Waals surface area contributed by atoms with Crippen LogP contribution in [0.2, 0.25) is 0 Å². The van der Waals surface area contributed by atoms with Crippen molar-refractivity contribution >= 4 is 17.5 Å². The molecule has 8 heteroatoms. The minimum absolute atomic E-state index is 0.0691. The van der Waals surface area contributed by atoms with Crippen LogP contribution in [0.25, 0.3) is 0 Å². The van der Waals surface area contributed by atoms with Gasteiger partial charge in [-0.15, -0.1) is 0 Å². The average Bonchev–Trinajstić information content (AvgIpc) is 3.22. The van der Waals surface area contributed by atoms with Gasteiger partial charge < -0.3 is 19.6 Å². The molecular formula is C24H32N4O4.